The van der Waals surface area contributed by atoms with Gasteiger partial charge in [-0.15, -0.1) is 11.8 Å². The normalized spacial score (nSPS) is 10.3. The van der Waals surface area contributed by atoms with Gasteiger partial charge in [-0.25, -0.2) is 0 Å². The van der Waals surface area contributed by atoms with Gasteiger partial charge >= 0.3 is 0 Å². The van der Waals surface area contributed by atoms with Crippen molar-refractivity contribution in [2.24, 2.45) is 0 Å². The summed E-state index contributed by atoms with van der Waals surface area (Å²) in [5.74, 6) is 1.28. The highest BCUT2D eigenvalue weighted by molar-refractivity contribution is 7.99. The third-order valence-electron chi connectivity index (χ3n) is 2.98. The van der Waals surface area contributed by atoms with Crippen LogP contribution in [0.1, 0.15) is 11.1 Å². The average molecular weight is 301 g/mol. The van der Waals surface area contributed by atoms with E-state index in [1.807, 2.05) is 42.5 Å². The van der Waals surface area contributed by atoms with Gasteiger partial charge in [0.1, 0.15) is 0 Å². The molecule has 0 aromatic heterocycles. The molecule has 0 radical (unpaired) electrons. The number of thioether (sulfide) groups is 1. The molecule has 21 heavy (non-hydrogen) atoms. The van der Waals surface area contributed by atoms with Crippen molar-refractivity contribution in [3.8, 4) is 0 Å². The molecule has 0 heterocycles. The van der Waals surface area contributed by atoms with Gasteiger partial charge in [-0.05, 0) is 29.7 Å². The minimum Gasteiger partial charge on any atom is -0.396 e. The fourth-order valence-electron chi connectivity index (χ4n) is 1.92. The standard InChI is InChI=1S/C17H19NO2S/c19-11-10-14-6-8-16(9-7-14)18-17(20)13-21-12-15-4-2-1-3-5-15/h1-9,19H,10-13H2,(H,18,20). The molecule has 0 spiro atoms. The summed E-state index contributed by atoms with van der Waals surface area (Å²) in [6.45, 7) is 0.141. The van der Waals surface area contributed by atoms with Gasteiger partial charge in [0.15, 0.2) is 0 Å². The molecule has 1 amide bonds. The van der Waals surface area contributed by atoms with Crippen molar-refractivity contribution >= 4 is 23.4 Å². The van der Waals surface area contributed by atoms with Crippen molar-refractivity contribution in [2.75, 3.05) is 17.7 Å². The van der Waals surface area contributed by atoms with Crippen LogP contribution in [0.5, 0.6) is 0 Å². The second-order valence-corrected chi connectivity index (χ2v) is 5.68. The van der Waals surface area contributed by atoms with Gasteiger partial charge in [-0.3, -0.25) is 4.79 Å². The molecule has 0 fully saturated rings. The first kappa shape index (κ1) is 15.6. The monoisotopic (exact) mass is 301 g/mol. The zero-order valence-corrected chi connectivity index (χ0v) is 12.6. The van der Waals surface area contributed by atoms with E-state index in [-0.39, 0.29) is 12.5 Å². The summed E-state index contributed by atoms with van der Waals surface area (Å²) < 4.78 is 0. The van der Waals surface area contributed by atoms with Crippen molar-refractivity contribution in [3.05, 3.63) is 65.7 Å². The van der Waals surface area contributed by atoms with Gasteiger partial charge in [-0.1, -0.05) is 42.5 Å². The lowest BCUT2D eigenvalue weighted by molar-refractivity contribution is -0.113. The summed E-state index contributed by atoms with van der Waals surface area (Å²) in [4.78, 5) is 11.8. The number of anilines is 1. The highest BCUT2D eigenvalue weighted by atomic mass is 32.2. The van der Waals surface area contributed by atoms with Gasteiger partial charge in [0, 0.05) is 18.0 Å². The van der Waals surface area contributed by atoms with Crippen LogP contribution in [0.2, 0.25) is 0 Å². The van der Waals surface area contributed by atoms with Crippen LogP contribution in [0.3, 0.4) is 0 Å². The van der Waals surface area contributed by atoms with E-state index in [1.54, 1.807) is 11.8 Å². The molecule has 0 aliphatic rings. The molecule has 4 heteroatoms. The molecule has 0 atom stereocenters. The molecule has 0 unspecified atom stereocenters. The second kappa shape index (κ2) is 8.49. The highest BCUT2D eigenvalue weighted by Gasteiger charge is 2.03. The van der Waals surface area contributed by atoms with Crippen molar-refractivity contribution in [3.63, 3.8) is 0 Å². The fourth-order valence-corrected chi connectivity index (χ4v) is 2.70. The van der Waals surface area contributed by atoms with E-state index in [2.05, 4.69) is 17.4 Å². The molecule has 0 saturated carbocycles. The number of amides is 1. The number of carbonyl (C=O) groups is 1. The van der Waals surface area contributed by atoms with Crippen molar-refractivity contribution in [1.29, 1.82) is 0 Å². The summed E-state index contributed by atoms with van der Waals surface area (Å²) in [6, 6.07) is 17.7. The van der Waals surface area contributed by atoms with Crippen LogP contribution in [0.4, 0.5) is 5.69 Å². The van der Waals surface area contributed by atoms with E-state index in [9.17, 15) is 4.79 Å². The predicted octanol–water partition coefficient (Wildman–Crippen LogP) is 3.09. The summed E-state index contributed by atoms with van der Waals surface area (Å²) in [6.07, 6.45) is 0.640. The van der Waals surface area contributed by atoms with E-state index in [1.165, 1.54) is 5.56 Å². The molecule has 110 valence electrons. The van der Waals surface area contributed by atoms with Gasteiger partial charge in [0.25, 0.3) is 0 Å². The zero-order valence-electron chi connectivity index (χ0n) is 11.8. The van der Waals surface area contributed by atoms with Crippen LogP contribution in [-0.2, 0) is 17.0 Å². The van der Waals surface area contributed by atoms with Crippen LogP contribution < -0.4 is 5.32 Å². The lowest BCUT2D eigenvalue weighted by atomic mass is 10.1. The number of hydrogen-bond donors (Lipinski definition) is 2. The van der Waals surface area contributed by atoms with E-state index >= 15 is 0 Å². The number of hydrogen-bond acceptors (Lipinski definition) is 3. The van der Waals surface area contributed by atoms with Crippen LogP contribution in [0, 0.1) is 0 Å². The Morgan fingerprint density at radius 2 is 1.71 bits per heavy atom. The number of benzene rings is 2. The minimum absolute atomic E-state index is 0.00541. The van der Waals surface area contributed by atoms with Crippen molar-refractivity contribution in [2.45, 2.75) is 12.2 Å². The third kappa shape index (κ3) is 5.61. The molecule has 2 rings (SSSR count). The second-order valence-electron chi connectivity index (χ2n) is 4.70. The first-order chi connectivity index (χ1) is 10.3. The van der Waals surface area contributed by atoms with E-state index in [0.717, 1.165) is 17.0 Å². The molecule has 0 saturated heterocycles. The molecule has 2 aromatic rings. The molecule has 0 aliphatic carbocycles. The van der Waals surface area contributed by atoms with Gasteiger partial charge < -0.3 is 10.4 Å². The maximum absolute atomic E-state index is 11.8. The summed E-state index contributed by atoms with van der Waals surface area (Å²) in [5, 5.41) is 11.7. The van der Waals surface area contributed by atoms with E-state index < -0.39 is 0 Å². The Hall–Kier alpha value is -1.78. The smallest absolute Gasteiger partial charge is 0.234 e. The van der Waals surface area contributed by atoms with E-state index in [4.69, 9.17) is 5.11 Å². The molecular weight excluding hydrogens is 282 g/mol. The Balaban J connectivity index is 1.74. The molecule has 0 aliphatic heterocycles. The molecule has 2 N–H and O–H groups in total. The molecule has 3 nitrogen and oxygen atoms in total. The predicted molar refractivity (Wildman–Crippen MR) is 88.5 cm³/mol. The number of carbonyl (C=O) groups excluding carboxylic acids is 1. The van der Waals surface area contributed by atoms with Crippen molar-refractivity contribution in [1.82, 2.24) is 0 Å². The molecule has 2 aromatic carbocycles. The summed E-state index contributed by atoms with van der Waals surface area (Å²) in [5.41, 5.74) is 3.08. The fraction of sp³-hybridized carbons (Fsp3) is 0.235. The maximum atomic E-state index is 11.8. The van der Waals surface area contributed by atoms with Gasteiger partial charge in [0.2, 0.25) is 5.91 Å². The number of aliphatic hydroxyl groups excluding tert-OH is 1. The lowest BCUT2D eigenvalue weighted by Gasteiger charge is -2.06. The summed E-state index contributed by atoms with van der Waals surface area (Å²) in [7, 11) is 0. The molecular formula is C17H19NO2S. The quantitative estimate of drug-likeness (QED) is 0.826. The van der Waals surface area contributed by atoms with Crippen LogP contribution >= 0.6 is 11.8 Å². The Morgan fingerprint density at radius 3 is 2.38 bits per heavy atom. The molecule has 0 bridgehead atoms. The highest BCUT2D eigenvalue weighted by Crippen LogP contribution is 2.14. The first-order valence-electron chi connectivity index (χ1n) is 6.89. The SMILES string of the molecule is O=C(CSCc1ccccc1)Nc1ccc(CCO)cc1. The lowest BCUT2D eigenvalue weighted by Crippen LogP contribution is -2.14. The number of rotatable bonds is 7. The van der Waals surface area contributed by atoms with Crippen LogP contribution in [-0.4, -0.2) is 23.4 Å². The zero-order chi connectivity index (χ0) is 14.9. The topological polar surface area (TPSA) is 49.3 Å². The Kier molecular flexibility index (Phi) is 6.31. The Labute approximate surface area is 129 Å². The van der Waals surface area contributed by atoms with Crippen molar-refractivity contribution < 1.29 is 9.90 Å². The average Bonchev–Trinajstić information content (AvgIpc) is 2.51. The minimum atomic E-state index is 0.00541. The maximum Gasteiger partial charge on any atom is 0.234 e. The van der Waals surface area contributed by atoms with Gasteiger partial charge in [0.05, 0.1) is 5.75 Å². The Morgan fingerprint density at radius 1 is 1.00 bits per heavy atom. The van der Waals surface area contributed by atoms with Gasteiger partial charge in [-0.2, -0.15) is 0 Å². The van der Waals surface area contributed by atoms with Crippen LogP contribution in [0.15, 0.2) is 54.6 Å². The Bertz CT molecular complexity index is 555. The largest absolute Gasteiger partial charge is 0.396 e. The third-order valence-corrected chi connectivity index (χ3v) is 3.99. The number of nitrogens with one attached hydrogen (secondary N) is 1. The first-order valence-corrected chi connectivity index (χ1v) is 8.05. The number of aliphatic hydroxyl groups is 1. The summed E-state index contributed by atoms with van der Waals surface area (Å²) >= 11 is 1.60. The van der Waals surface area contributed by atoms with E-state index in [0.29, 0.717) is 12.2 Å². The van der Waals surface area contributed by atoms with Crippen LogP contribution in [0.25, 0.3) is 0 Å².